The largest absolute Gasteiger partial charge is 0.282 e. The molecule has 1 aliphatic rings. The Morgan fingerprint density at radius 1 is 1.54 bits per heavy atom. The van der Waals surface area contributed by atoms with Gasteiger partial charge in [0, 0.05) is 19.2 Å². The molecule has 0 aromatic rings. The van der Waals surface area contributed by atoms with E-state index in [1.165, 1.54) is 0 Å². The summed E-state index contributed by atoms with van der Waals surface area (Å²) in [4.78, 5) is 0. The van der Waals surface area contributed by atoms with Crippen LogP contribution in [0.3, 0.4) is 0 Å². The molecule has 0 aromatic carbocycles. The van der Waals surface area contributed by atoms with E-state index in [-0.39, 0.29) is 5.25 Å². The van der Waals surface area contributed by atoms with Crippen LogP contribution in [0.4, 0.5) is 0 Å². The standard InChI is InChI=1S/C8H16N2O2S/c1-6(2)13(11,12)8-5-7(3)9-10(8)4/h6,8H,5H2,1-4H3. The molecule has 0 spiro atoms. The Morgan fingerprint density at radius 3 is 2.38 bits per heavy atom. The quantitative estimate of drug-likeness (QED) is 0.670. The van der Waals surface area contributed by atoms with Crippen LogP contribution in [0.15, 0.2) is 5.10 Å². The van der Waals surface area contributed by atoms with Gasteiger partial charge in [0.25, 0.3) is 0 Å². The van der Waals surface area contributed by atoms with Gasteiger partial charge in [-0.1, -0.05) is 0 Å². The summed E-state index contributed by atoms with van der Waals surface area (Å²) in [7, 11) is -1.34. The zero-order chi connectivity index (χ0) is 10.2. The fourth-order valence-electron chi connectivity index (χ4n) is 1.40. The van der Waals surface area contributed by atoms with Crippen molar-refractivity contribution >= 4 is 15.5 Å². The van der Waals surface area contributed by atoms with Crippen molar-refractivity contribution in [1.29, 1.82) is 0 Å². The van der Waals surface area contributed by atoms with Gasteiger partial charge < -0.3 is 0 Å². The van der Waals surface area contributed by atoms with Gasteiger partial charge in [-0.3, -0.25) is 5.01 Å². The third-order valence-electron chi connectivity index (χ3n) is 2.25. The molecule has 1 heterocycles. The average Bonchev–Trinajstić information content (AvgIpc) is 2.30. The number of hydrogen-bond acceptors (Lipinski definition) is 4. The van der Waals surface area contributed by atoms with Crippen LogP contribution >= 0.6 is 0 Å². The molecule has 5 heteroatoms. The van der Waals surface area contributed by atoms with Crippen molar-refractivity contribution in [3.05, 3.63) is 0 Å². The molecule has 1 rings (SSSR count). The molecule has 0 saturated carbocycles. The summed E-state index contributed by atoms with van der Waals surface area (Å²) in [6.07, 6.45) is 0.539. The molecule has 0 aromatic heterocycles. The normalized spacial score (nSPS) is 23.9. The molecule has 1 unspecified atom stereocenters. The van der Waals surface area contributed by atoms with E-state index >= 15 is 0 Å². The summed E-state index contributed by atoms with van der Waals surface area (Å²) in [6, 6.07) is 0. The fourth-order valence-corrected chi connectivity index (χ4v) is 2.98. The van der Waals surface area contributed by atoms with Crippen LogP contribution in [0, 0.1) is 0 Å². The molecule has 0 radical (unpaired) electrons. The van der Waals surface area contributed by atoms with E-state index < -0.39 is 15.2 Å². The molecule has 0 fully saturated rings. The van der Waals surface area contributed by atoms with Crippen LogP contribution < -0.4 is 0 Å². The van der Waals surface area contributed by atoms with Crippen molar-refractivity contribution in [2.45, 2.75) is 37.8 Å². The van der Waals surface area contributed by atoms with Crippen molar-refractivity contribution in [3.8, 4) is 0 Å². The van der Waals surface area contributed by atoms with E-state index in [2.05, 4.69) is 5.10 Å². The first-order valence-corrected chi connectivity index (χ1v) is 5.96. The molecule has 76 valence electrons. The SMILES string of the molecule is CC1=NN(C)C(S(=O)(=O)C(C)C)C1. The summed E-state index contributed by atoms with van der Waals surface area (Å²) in [5.41, 5.74) is 0.886. The molecule has 13 heavy (non-hydrogen) atoms. The smallest absolute Gasteiger partial charge is 0.175 e. The van der Waals surface area contributed by atoms with Crippen molar-refractivity contribution < 1.29 is 8.42 Å². The third-order valence-corrected chi connectivity index (χ3v) is 4.80. The summed E-state index contributed by atoms with van der Waals surface area (Å²) in [5.74, 6) is 0. The maximum atomic E-state index is 11.8. The lowest BCUT2D eigenvalue weighted by Crippen LogP contribution is -2.36. The van der Waals surface area contributed by atoms with Gasteiger partial charge in [-0.25, -0.2) is 8.42 Å². The highest BCUT2D eigenvalue weighted by Gasteiger charge is 2.35. The second-order valence-corrected chi connectivity index (χ2v) is 6.37. The first-order chi connectivity index (χ1) is 5.85. The van der Waals surface area contributed by atoms with Gasteiger partial charge in [0.05, 0.1) is 5.25 Å². The number of rotatable bonds is 2. The Bertz CT molecular complexity index is 319. The number of nitrogens with zero attached hydrogens (tertiary/aromatic N) is 2. The van der Waals surface area contributed by atoms with E-state index in [0.717, 1.165) is 5.71 Å². The summed E-state index contributed by atoms with van der Waals surface area (Å²) >= 11 is 0. The van der Waals surface area contributed by atoms with Crippen LogP contribution in [0.5, 0.6) is 0 Å². The first kappa shape index (κ1) is 10.5. The minimum Gasteiger partial charge on any atom is -0.282 e. The minimum atomic E-state index is -3.05. The van der Waals surface area contributed by atoms with E-state index in [4.69, 9.17) is 0 Å². The van der Waals surface area contributed by atoms with Gasteiger partial charge in [-0.15, -0.1) is 0 Å². The molecule has 4 nitrogen and oxygen atoms in total. The molecular formula is C8H16N2O2S. The Kier molecular flexibility index (Phi) is 2.66. The van der Waals surface area contributed by atoms with Gasteiger partial charge in [0.15, 0.2) is 15.2 Å². The van der Waals surface area contributed by atoms with Crippen molar-refractivity contribution in [3.63, 3.8) is 0 Å². The van der Waals surface area contributed by atoms with Gasteiger partial charge in [0.1, 0.15) is 0 Å². The van der Waals surface area contributed by atoms with E-state index in [1.54, 1.807) is 25.9 Å². The van der Waals surface area contributed by atoms with E-state index in [0.29, 0.717) is 6.42 Å². The molecular weight excluding hydrogens is 188 g/mol. The van der Waals surface area contributed by atoms with Crippen LogP contribution in [0.2, 0.25) is 0 Å². The minimum absolute atomic E-state index is 0.332. The summed E-state index contributed by atoms with van der Waals surface area (Å²) < 4.78 is 23.5. The highest BCUT2D eigenvalue weighted by Crippen LogP contribution is 2.21. The first-order valence-electron chi connectivity index (χ1n) is 4.35. The number of sulfone groups is 1. The molecule has 1 atom stereocenters. The predicted octanol–water partition coefficient (Wildman–Crippen LogP) is 0.847. The molecule has 0 aliphatic carbocycles. The summed E-state index contributed by atoms with van der Waals surface area (Å²) in [6.45, 7) is 5.26. The Hall–Kier alpha value is -0.580. The highest BCUT2D eigenvalue weighted by atomic mass is 32.2. The lowest BCUT2D eigenvalue weighted by Gasteiger charge is -2.21. The van der Waals surface area contributed by atoms with Gasteiger partial charge in [-0.05, 0) is 20.8 Å². The number of hydrogen-bond donors (Lipinski definition) is 0. The predicted molar refractivity (Wildman–Crippen MR) is 53.3 cm³/mol. The molecule has 0 amide bonds. The van der Waals surface area contributed by atoms with Crippen molar-refractivity contribution in [2.24, 2.45) is 5.10 Å². The average molecular weight is 204 g/mol. The Labute approximate surface area is 79.5 Å². The van der Waals surface area contributed by atoms with Crippen molar-refractivity contribution in [2.75, 3.05) is 7.05 Å². The fraction of sp³-hybridized carbons (Fsp3) is 0.875. The highest BCUT2D eigenvalue weighted by molar-refractivity contribution is 7.92. The maximum Gasteiger partial charge on any atom is 0.175 e. The van der Waals surface area contributed by atoms with Gasteiger partial charge >= 0.3 is 0 Å². The van der Waals surface area contributed by atoms with Gasteiger partial charge in [-0.2, -0.15) is 5.10 Å². The summed E-state index contributed by atoms with van der Waals surface area (Å²) in [5, 5.41) is 4.85. The Morgan fingerprint density at radius 2 is 2.08 bits per heavy atom. The van der Waals surface area contributed by atoms with E-state index in [1.807, 2.05) is 6.92 Å². The second kappa shape index (κ2) is 3.29. The van der Waals surface area contributed by atoms with Crippen LogP contribution in [0.25, 0.3) is 0 Å². The van der Waals surface area contributed by atoms with Crippen LogP contribution in [-0.2, 0) is 9.84 Å². The lowest BCUT2D eigenvalue weighted by molar-refractivity contribution is 0.346. The zero-order valence-electron chi connectivity index (χ0n) is 8.48. The second-order valence-electron chi connectivity index (χ2n) is 3.71. The lowest BCUT2D eigenvalue weighted by atomic mass is 10.3. The van der Waals surface area contributed by atoms with Crippen molar-refractivity contribution in [1.82, 2.24) is 5.01 Å². The molecule has 0 saturated heterocycles. The van der Waals surface area contributed by atoms with E-state index in [9.17, 15) is 8.42 Å². The molecule has 1 aliphatic heterocycles. The number of hydrazone groups is 1. The van der Waals surface area contributed by atoms with Gasteiger partial charge in [0.2, 0.25) is 0 Å². The molecule has 0 N–H and O–H groups in total. The Balaban J connectivity index is 2.89. The van der Waals surface area contributed by atoms with Crippen LogP contribution in [0.1, 0.15) is 27.2 Å². The topological polar surface area (TPSA) is 49.7 Å². The van der Waals surface area contributed by atoms with Crippen LogP contribution in [-0.4, -0.2) is 36.8 Å². The maximum absolute atomic E-state index is 11.8. The monoisotopic (exact) mass is 204 g/mol. The molecule has 0 bridgehead atoms. The zero-order valence-corrected chi connectivity index (χ0v) is 9.30. The third kappa shape index (κ3) is 1.85.